The maximum absolute atomic E-state index is 9.64. The van der Waals surface area contributed by atoms with Crippen LogP contribution >= 0.6 is 0 Å². The Labute approximate surface area is 96.1 Å². The van der Waals surface area contributed by atoms with Crippen LogP contribution in [0.1, 0.15) is 70.2 Å². The van der Waals surface area contributed by atoms with E-state index in [1.807, 2.05) is 6.92 Å². The average Bonchev–Trinajstić information content (AvgIpc) is 2.79. The zero-order valence-electron chi connectivity index (χ0n) is 10.1. The first kappa shape index (κ1) is 11.6. The summed E-state index contributed by atoms with van der Waals surface area (Å²) in [6.45, 7) is 4.09. The van der Waals surface area contributed by atoms with Gasteiger partial charge in [-0.15, -0.1) is 0 Å². The van der Waals surface area contributed by atoms with Crippen molar-refractivity contribution < 1.29 is 9.63 Å². The second kappa shape index (κ2) is 4.53. The van der Waals surface area contributed by atoms with E-state index < -0.39 is 6.10 Å². The summed E-state index contributed by atoms with van der Waals surface area (Å²) in [6.07, 6.45) is 6.00. The van der Waals surface area contributed by atoms with E-state index in [-0.39, 0.29) is 5.41 Å². The molecule has 4 nitrogen and oxygen atoms in total. The minimum atomic E-state index is -0.593. The Morgan fingerprint density at radius 2 is 2.06 bits per heavy atom. The molecule has 1 fully saturated rings. The molecule has 1 aliphatic carbocycles. The van der Waals surface area contributed by atoms with Crippen LogP contribution in [-0.4, -0.2) is 15.2 Å². The Kier molecular flexibility index (Phi) is 3.28. The fourth-order valence-corrected chi connectivity index (χ4v) is 2.34. The molecule has 0 aliphatic heterocycles. The summed E-state index contributed by atoms with van der Waals surface area (Å²) in [5.74, 6) is 1.14. The van der Waals surface area contributed by atoms with E-state index in [1.54, 1.807) is 0 Å². The van der Waals surface area contributed by atoms with Gasteiger partial charge in [-0.3, -0.25) is 0 Å². The fourth-order valence-electron chi connectivity index (χ4n) is 2.34. The molecule has 1 atom stereocenters. The van der Waals surface area contributed by atoms with Gasteiger partial charge in [-0.05, 0) is 19.3 Å². The lowest BCUT2D eigenvalue weighted by Crippen LogP contribution is -2.25. The Bertz CT molecular complexity index is 343. The van der Waals surface area contributed by atoms with Crippen LogP contribution < -0.4 is 0 Å². The van der Waals surface area contributed by atoms with Gasteiger partial charge in [0.25, 0.3) is 0 Å². The first-order chi connectivity index (χ1) is 7.65. The molecule has 1 aromatic heterocycles. The second-order valence-electron chi connectivity index (χ2n) is 5.00. The topological polar surface area (TPSA) is 59.2 Å². The van der Waals surface area contributed by atoms with Crippen molar-refractivity contribution in [3.05, 3.63) is 11.7 Å². The van der Waals surface area contributed by atoms with E-state index in [4.69, 9.17) is 4.52 Å². The smallest absolute Gasteiger partial charge is 0.232 e. The predicted octanol–water partition coefficient (Wildman–Crippen LogP) is 2.73. The third-order valence-corrected chi connectivity index (χ3v) is 3.60. The molecule has 4 heteroatoms. The van der Waals surface area contributed by atoms with Crippen molar-refractivity contribution in [1.82, 2.24) is 10.1 Å². The van der Waals surface area contributed by atoms with Crippen LogP contribution in [0.25, 0.3) is 0 Å². The average molecular weight is 224 g/mol. The van der Waals surface area contributed by atoms with Crippen molar-refractivity contribution >= 4 is 0 Å². The van der Waals surface area contributed by atoms with Crippen LogP contribution in [0, 0.1) is 0 Å². The quantitative estimate of drug-likeness (QED) is 0.857. The van der Waals surface area contributed by atoms with E-state index in [2.05, 4.69) is 17.1 Å². The highest BCUT2D eigenvalue weighted by Crippen LogP contribution is 2.38. The van der Waals surface area contributed by atoms with E-state index in [9.17, 15) is 5.11 Å². The first-order valence-corrected chi connectivity index (χ1v) is 6.18. The lowest BCUT2D eigenvalue weighted by Gasteiger charge is -2.29. The van der Waals surface area contributed by atoms with E-state index in [1.165, 1.54) is 19.3 Å². The van der Waals surface area contributed by atoms with Crippen molar-refractivity contribution in [2.45, 2.75) is 63.9 Å². The van der Waals surface area contributed by atoms with Crippen molar-refractivity contribution in [2.75, 3.05) is 0 Å². The lowest BCUT2D eigenvalue weighted by molar-refractivity contribution is 0.159. The summed E-state index contributed by atoms with van der Waals surface area (Å²) in [4.78, 5) is 4.35. The molecule has 16 heavy (non-hydrogen) atoms. The molecule has 0 bridgehead atoms. The Hall–Kier alpha value is -0.900. The first-order valence-electron chi connectivity index (χ1n) is 6.18. The lowest BCUT2D eigenvalue weighted by atomic mass is 9.75. The molecule has 1 aromatic rings. The summed E-state index contributed by atoms with van der Waals surface area (Å²) in [5, 5.41) is 13.5. The second-order valence-corrected chi connectivity index (χ2v) is 5.00. The number of rotatable bonds is 3. The molecule has 1 heterocycles. The summed E-state index contributed by atoms with van der Waals surface area (Å²) in [5.41, 5.74) is 0.0248. The largest absolute Gasteiger partial charge is 0.385 e. The van der Waals surface area contributed by atoms with Crippen molar-refractivity contribution in [3.63, 3.8) is 0 Å². The molecular weight excluding hydrogens is 204 g/mol. The number of aromatic nitrogens is 2. The van der Waals surface area contributed by atoms with Crippen LogP contribution in [-0.2, 0) is 5.41 Å². The molecule has 0 saturated heterocycles. The molecule has 0 radical (unpaired) electrons. The molecule has 1 saturated carbocycles. The molecule has 1 N–H and O–H groups in total. The van der Waals surface area contributed by atoms with Gasteiger partial charge in [0.05, 0.1) is 0 Å². The maximum atomic E-state index is 9.64. The molecule has 0 aromatic carbocycles. The normalized spacial score (nSPS) is 21.9. The molecule has 0 spiro atoms. The number of hydrogen-bond acceptors (Lipinski definition) is 4. The van der Waals surface area contributed by atoms with Crippen molar-refractivity contribution in [3.8, 4) is 0 Å². The molecule has 90 valence electrons. The van der Waals surface area contributed by atoms with Gasteiger partial charge in [0, 0.05) is 5.41 Å². The Balaban J connectivity index is 2.17. The van der Waals surface area contributed by atoms with Crippen molar-refractivity contribution in [1.29, 1.82) is 0 Å². The molecule has 1 unspecified atom stereocenters. The molecule has 1 aliphatic rings. The Morgan fingerprint density at radius 3 is 2.69 bits per heavy atom. The van der Waals surface area contributed by atoms with Gasteiger partial charge < -0.3 is 9.63 Å². The third kappa shape index (κ3) is 2.12. The van der Waals surface area contributed by atoms with Crippen LogP contribution in [0.4, 0.5) is 0 Å². The minimum absolute atomic E-state index is 0.0248. The zero-order chi connectivity index (χ0) is 11.6. The van der Waals surface area contributed by atoms with Gasteiger partial charge in [0.1, 0.15) is 6.10 Å². The van der Waals surface area contributed by atoms with Gasteiger partial charge in [0.2, 0.25) is 5.89 Å². The van der Waals surface area contributed by atoms with Gasteiger partial charge >= 0.3 is 0 Å². The standard InChI is InChI=1S/C12H20N2O2/c1-3-9(15)10-13-11(16-14-10)12(2)7-5-4-6-8-12/h9,15H,3-8H2,1-2H3. The summed E-state index contributed by atoms with van der Waals surface area (Å²) < 4.78 is 5.31. The SMILES string of the molecule is CCC(O)c1noc(C2(C)CCCCC2)n1. The minimum Gasteiger partial charge on any atom is -0.385 e. The van der Waals surface area contributed by atoms with Crippen LogP contribution in [0.2, 0.25) is 0 Å². The monoisotopic (exact) mass is 224 g/mol. The molecule has 2 rings (SSSR count). The predicted molar refractivity (Wildman–Crippen MR) is 60.0 cm³/mol. The van der Waals surface area contributed by atoms with Gasteiger partial charge in [-0.2, -0.15) is 4.98 Å². The van der Waals surface area contributed by atoms with Crippen LogP contribution in [0.3, 0.4) is 0 Å². The summed E-state index contributed by atoms with van der Waals surface area (Å²) in [7, 11) is 0. The highest BCUT2D eigenvalue weighted by atomic mass is 16.5. The fraction of sp³-hybridized carbons (Fsp3) is 0.833. The van der Waals surface area contributed by atoms with E-state index in [0.717, 1.165) is 12.8 Å². The third-order valence-electron chi connectivity index (χ3n) is 3.60. The van der Waals surface area contributed by atoms with Crippen molar-refractivity contribution in [2.24, 2.45) is 0 Å². The highest BCUT2D eigenvalue weighted by Gasteiger charge is 2.34. The summed E-state index contributed by atoms with van der Waals surface area (Å²) >= 11 is 0. The zero-order valence-corrected chi connectivity index (χ0v) is 10.1. The van der Waals surface area contributed by atoms with Crippen LogP contribution in [0.5, 0.6) is 0 Å². The number of aliphatic hydroxyl groups is 1. The Morgan fingerprint density at radius 1 is 1.38 bits per heavy atom. The molecule has 0 amide bonds. The van der Waals surface area contributed by atoms with Gasteiger partial charge in [-0.1, -0.05) is 38.3 Å². The number of nitrogens with zero attached hydrogens (tertiary/aromatic N) is 2. The number of aliphatic hydroxyl groups excluding tert-OH is 1. The van der Waals surface area contributed by atoms with Gasteiger partial charge in [-0.25, -0.2) is 0 Å². The van der Waals surface area contributed by atoms with Crippen LogP contribution in [0.15, 0.2) is 4.52 Å². The highest BCUT2D eigenvalue weighted by molar-refractivity contribution is 5.05. The molecular formula is C12H20N2O2. The maximum Gasteiger partial charge on any atom is 0.232 e. The summed E-state index contributed by atoms with van der Waals surface area (Å²) in [6, 6.07) is 0. The van der Waals surface area contributed by atoms with Gasteiger partial charge in [0.15, 0.2) is 5.82 Å². The van der Waals surface area contributed by atoms with E-state index in [0.29, 0.717) is 18.1 Å². The van der Waals surface area contributed by atoms with E-state index >= 15 is 0 Å². The number of hydrogen-bond donors (Lipinski definition) is 1.